The molecule has 0 fully saturated rings. The first-order valence-electron chi connectivity index (χ1n) is 8.33. The number of rotatable bonds is 8. The molecule has 0 aliphatic rings. The van der Waals surface area contributed by atoms with Crippen LogP contribution in [0.2, 0.25) is 0 Å². The standard InChI is InChI=1S/C22H26O/c1-19(23-2)13-7-3-4-12-18-22(20-14-8-5-9-15-20)21-16-10-6-11-17-21/h5-6,8-11,13-18H,3-4,7,12H2,1-2H3/q+1. The lowest BCUT2D eigenvalue weighted by Gasteiger charge is -2.08. The van der Waals surface area contributed by atoms with E-state index in [2.05, 4.69) is 72.8 Å². The van der Waals surface area contributed by atoms with E-state index in [4.69, 9.17) is 4.74 Å². The lowest BCUT2D eigenvalue weighted by Crippen LogP contribution is -1.88. The van der Waals surface area contributed by atoms with Crippen LogP contribution in [0.25, 0.3) is 5.57 Å². The highest BCUT2D eigenvalue weighted by molar-refractivity contribution is 5.79. The SMILES string of the molecule is C[O+]C(C)=CCCCCC=C(c1ccccc1)c1ccccc1. The predicted molar refractivity (Wildman–Crippen MR) is 99.2 cm³/mol. The van der Waals surface area contributed by atoms with Crippen LogP contribution in [-0.2, 0) is 4.74 Å². The van der Waals surface area contributed by atoms with E-state index in [1.54, 1.807) is 7.11 Å². The highest BCUT2D eigenvalue weighted by Crippen LogP contribution is 2.24. The van der Waals surface area contributed by atoms with Gasteiger partial charge in [-0.25, -0.2) is 0 Å². The van der Waals surface area contributed by atoms with Gasteiger partial charge in [0.05, 0.1) is 6.92 Å². The molecule has 2 aromatic carbocycles. The maximum absolute atomic E-state index is 5.16. The van der Waals surface area contributed by atoms with Crippen LogP contribution in [0.4, 0.5) is 0 Å². The molecule has 2 aromatic rings. The zero-order chi connectivity index (χ0) is 16.3. The van der Waals surface area contributed by atoms with Gasteiger partial charge in [-0.3, -0.25) is 4.74 Å². The van der Waals surface area contributed by atoms with E-state index in [0.29, 0.717) is 0 Å². The Morgan fingerprint density at radius 1 is 0.783 bits per heavy atom. The van der Waals surface area contributed by atoms with Gasteiger partial charge < -0.3 is 0 Å². The van der Waals surface area contributed by atoms with E-state index in [0.717, 1.165) is 18.6 Å². The molecule has 0 aliphatic heterocycles. The van der Waals surface area contributed by atoms with Crippen molar-refractivity contribution in [1.29, 1.82) is 0 Å². The fraction of sp³-hybridized carbons (Fsp3) is 0.273. The van der Waals surface area contributed by atoms with Crippen molar-refractivity contribution in [2.24, 2.45) is 0 Å². The van der Waals surface area contributed by atoms with Gasteiger partial charge in [-0.2, -0.15) is 0 Å². The van der Waals surface area contributed by atoms with Crippen molar-refractivity contribution >= 4 is 5.57 Å². The molecule has 0 aliphatic carbocycles. The molecule has 0 atom stereocenters. The van der Waals surface area contributed by atoms with Crippen LogP contribution in [0.3, 0.4) is 0 Å². The Labute approximate surface area is 140 Å². The van der Waals surface area contributed by atoms with Gasteiger partial charge in [-0.05, 0) is 42.4 Å². The molecule has 1 radical (unpaired) electrons. The second-order valence-electron chi connectivity index (χ2n) is 5.65. The zero-order valence-electron chi connectivity index (χ0n) is 14.2. The first-order chi connectivity index (χ1) is 11.3. The third-order valence-corrected chi connectivity index (χ3v) is 3.93. The normalized spacial score (nSPS) is 11.1. The van der Waals surface area contributed by atoms with Crippen molar-refractivity contribution in [3.05, 3.63) is 89.7 Å². The van der Waals surface area contributed by atoms with Crippen molar-refractivity contribution in [3.63, 3.8) is 0 Å². The third kappa shape index (κ3) is 5.78. The van der Waals surface area contributed by atoms with Gasteiger partial charge in [0.15, 0.2) is 0 Å². The number of benzene rings is 2. The van der Waals surface area contributed by atoms with Crippen molar-refractivity contribution in [2.75, 3.05) is 7.11 Å². The fourth-order valence-corrected chi connectivity index (χ4v) is 2.56. The Hall–Kier alpha value is -2.28. The van der Waals surface area contributed by atoms with Gasteiger partial charge in [0.2, 0.25) is 0 Å². The summed E-state index contributed by atoms with van der Waals surface area (Å²) in [7, 11) is 1.72. The summed E-state index contributed by atoms with van der Waals surface area (Å²) in [4.78, 5) is 0. The fourth-order valence-electron chi connectivity index (χ4n) is 2.56. The average molecular weight is 306 g/mol. The van der Waals surface area contributed by atoms with Crippen LogP contribution < -0.4 is 0 Å². The van der Waals surface area contributed by atoms with Crippen molar-refractivity contribution in [2.45, 2.75) is 32.6 Å². The summed E-state index contributed by atoms with van der Waals surface area (Å²) < 4.78 is 5.16. The number of methoxy groups -OCH3 is 1. The van der Waals surface area contributed by atoms with Crippen LogP contribution in [0.15, 0.2) is 78.6 Å². The average Bonchev–Trinajstić information content (AvgIpc) is 2.62. The Bertz CT molecular complexity index is 582. The maximum atomic E-state index is 5.16. The van der Waals surface area contributed by atoms with Crippen LogP contribution in [0.5, 0.6) is 0 Å². The Morgan fingerprint density at radius 3 is 1.74 bits per heavy atom. The summed E-state index contributed by atoms with van der Waals surface area (Å²) in [6.45, 7) is 2.00. The van der Waals surface area contributed by atoms with Gasteiger partial charge >= 0.3 is 5.76 Å². The van der Waals surface area contributed by atoms with Gasteiger partial charge in [0, 0.05) is 6.08 Å². The summed E-state index contributed by atoms with van der Waals surface area (Å²) in [5.41, 5.74) is 3.90. The number of unbranched alkanes of at least 4 members (excludes halogenated alkanes) is 3. The minimum absolute atomic E-state index is 1.01. The topological polar surface area (TPSA) is 11.3 Å². The second kappa shape index (κ2) is 9.68. The largest absolute Gasteiger partial charge is 0.312 e. The Kier molecular flexibility index (Phi) is 7.19. The molecular formula is C22H26O+. The molecule has 0 N–H and O–H groups in total. The monoisotopic (exact) mass is 306 g/mol. The molecule has 0 saturated heterocycles. The summed E-state index contributed by atoms with van der Waals surface area (Å²) in [6, 6.07) is 21.3. The molecule has 23 heavy (non-hydrogen) atoms. The molecule has 0 amide bonds. The second-order valence-corrected chi connectivity index (χ2v) is 5.65. The Morgan fingerprint density at radius 2 is 1.26 bits per heavy atom. The highest BCUT2D eigenvalue weighted by atomic mass is 16.5. The minimum Gasteiger partial charge on any atom is -0.263 e. The van der Waals surface area contributed by atoms with Gasteiger partial charge in [0.25, 0.3) is 7.11 Å². The van der Waals surface area contributed by atoms with E-state index in [1.165, 1.54) is 29.5 Å². The van der Waals surface area contributed by atoms with E-state index < -0.39 is 0 Å². The van der Waals surface area contributed by atoms with Crippen molar-refractivity contribution in [3.8, 4) is 0 Å². The highest BCUT2D eigenvalue weighted by Gasteiger charge is 2.03. The molecular weight excluding hydrogens is 280 g/mol. The molecule has 0 saturated carbocycles. The Balaban J connectivity index is 2.01. The third-order valence-electron chi connectivity index (χ3n) is 3.93. The van der Waals surface area contributed by atoms with Crippen LogP contribution in [0, 0.1) is 0 Å². The van der Waals surface area contributed by atoms with Crippen LogP contribution in [-0.4, -0.2) is 7.11 Å². The zero-order valence-corrected chi connectivity index (χ0v) is 14.2. The van der Waals surface area contributed by atoms with E-state index in [9.17, 15) is 0 Å². The lowest BCUT2D eigenvalue weighted by atomic mass is 9.96. The molecule has 0 aromatic heterocycles. The summed E-state index contributed by atoms with van der Waals surface area (Å²) in [5, 5.41) is 0. The van der Waals surface area contributed by atoms with Crippen LogP contribution >= 0.6 is 0 Å². The van der Waals surface area contributed by atoms with Gasteiger partial charge in [-0.15, -0.1) is 0 Å². The van der Waals surface area contributed by atoms with E-state index >= 15 is 0 Å². The molecule has 119 valence electrons. The number of ether oxygens (including phenoxy) is 1. The number of hydrogen-bond donors (Lipinski definition) is 0. The smallest absolute Gasteiger partial charge is 0.263 e. The minimum atomic E-state index is 1.01. The first kappa shape index (κ1) is 17.1. The molecule has 1 nitrogen and oxygen atoms in total. The molecule has 0 spiro atoms. The van der Waals surface area contributed by atoms with Gasteiger partial charge in [-0.1, -0.05) is 66.7 Å². The number of hydrogen-bond acceptors (Lipinski definition) is 1. The summed E-state index contributed by atoms with van der Waals surface area (Å²) >= 11 is 0. The number of allylic oxidation sites excluding steroid dienone is 3. The van der Waals surface area contributed by atoms with E-state index in [-0.39, 0.29) is 0 Å². The van der Waals surface area contributed by atoms with E-state index in [1.807, 2.05) is 6.92 Å². The summed E-state index contributed by atoms with van der Waals surface area (Å²) in [6.07, 6.45) is 9.10. The van der Waals surface area contributed by atoms with Crippen LogP contribution in [0.1, 0.15) is 43.7 Å². The molecule has 0 bridgehead atoms. The lowest BCUT2D eigenvalue weighted by molar-refractivity contribution is 0.291. The summed E-state index contributed by atoms with van der Waals surface area (Å²) in [5.74, 6) is 1.01. The molecule has 1 heteroatoms. The van der Waals surface area contributed by atoms with Gasteiger partial charge in [0.1, 0.15) is 0 Å². The molecule has 0 heterocycles. The maximum Gasteiger partial charge on any atom is 0.312 e. The predicted octanol–water partition coefficient (Wildman–Crippen LogP) is 6.23. The van der Waals surface area contributed by atoms with Crippen molar-refractivity contribution < 1.29 is 4.74 Å². The quantitative estimate of drug-likeness (QED) is 0.320. The molecule has 2 rings (SSSR count). The van der Waals surface area contributed by atoms with Crippen molar-refractivity contribution in [1.82, 2.24) is 0 Å². The first-order valence-corrected chi connectivity index (χ1v) is 8.33. The molecule has 0 unspecified atom stereocenters.